The van der Waals surface area contributed by atoms with Crippen LogP contribution in [0, 0.1) is 0 Å². The van der Waals surface area contributed by atoms with Crippen molar-refractivity contribution in [1.29, 1.82) is 0 Å². The van der Waals surface area contributed by atoms with E-state index in [1.54, 1.807) is 0 Å². The summed E-state index contributed by atoms with van der Waals surface area (Å²) in [6, 6.07) is 1.53. The summed E-state index contributed by atoms with van der Waals surface area (Å²) in [6.45, 7) is 6.50. The molecule has 0 amide bonds. The lowest BCUT2D eigenvalue weighted by Gasteiger charge is -2.38. The van der Waals surface area contributed by atoms with Crippen LogP contribution in [0.4, 0.5) is 0 Å². The molecule has 0 radical (unpaired) electrons. The zero-order valence-electron chi connectivity index (χ0n) is 9.84. The van der Waals surface area contributed by atoms with Gasteiger partial charge in [0.15, 0.2) is 0 Å². The van der Waals surface area contributed by atoms with Crippen LogP contribution in [0.2, 0.25) is 0 Å². The lowest BCUT2D eigenvalue weighted by molar-refractivity contribution is 0.113. The van der Waals surface area contributed by atoms with E-state index in [0.717, 1.165) is 19.1 Å². The average molecular weight is 198 g/mol. The number of hydrogen-bond donors (Lipinski definition) is 1. The van der Waals surface area contributed by atoms with Gasteiger partial charge in [-0.25, -0.2) is 0 Å². The predicted octanol–water partition coefficient (Wildman–Crippen LogP) is 2.38. The highest BCUT2D eigenvalue weighted by Crippen LogP contribution is 2.24. The van der Waals surface area contributed by atoms with Crippen molar-refractivity contribution in [3.8, 4) is 0 Å². The van der Waals surface area contributed by atoms with Crippen molar-refractivity contribution in [2.75, 3.05) is 13.1 Å². The highest BCUT2D eigenvalue weighted by atomic mass is 15.2. The molecule has 0 aliphatic heterocycles. The van der Waals surface area contributed by atoms with Gasteiger partial charge in [0.25, 0.3) is 0 Å². The van der Waals surface area contributed by atoms with Crippen molar-refractivity contribution >= 4 is 0 Å². The largest absolute Gasteiger partial charge is 0.329 e. The van der Waals surface area contributed by atoms with Crippen molar-refractivity contribution in [1.82, 2.24) is 4.90 Å². The maximum absolute atomic E-state index is 5.69. The number of nitrogens with two attached hydrogens (primary N) is 1. The van der Waals surface area contributed by atoms with E-state index >= 15 is 0 Å². The van der Waals surface area contributed by atoms with Crippen LogP contribution < -0.4 is 5.73 Å². The van der Waals surface area contributed by atoms with E-state index in [-0.39, 0.29) is 0 Å². The van der Waals surface area contributed by atoms with Crippen molar-refractivity contribution in [3.63, 3.8) is 0 Å². The summed E-state index contributed by atoms with van der Waals surface area (Å²) < 4.78 is 0. The van der Waals surface area contributed by atoms with Crippen molar-refractivity contribution in [3.05, 3.63) is 0 Å². The molecule has 1 atom stereocenters. The van der Waals surface area contributed by atoms with Crippen LogP contribution in [-0.2, 0) is 0 Å². The maximum Gasteiger partial charge on any atom is 0.0110 e. The minimum atomic E-state index is 0.710. The fourth-order valence-corrected chi connectivity index (χ4v) is 2.56. The molecule has 1 unspecified atom stereocenters. The van der Waals surface area contributed by atoms with Gasteiger partial charge in [0, 0.05) is 25.2 Å². The lowest BCUT2D eigenvalue weighted by atomic mass is 9.93. The SMILES string of the molecule is CCC(C)N(CCN)C1CCCCC1. The molecular formula is C12H26N2. The molecule has 0 bridgehead atoms. The van der Waals surface area contributed by atoms with Gasteiger partial charge < -0.3 is 5.73 Å². The fourth-order valence-electron chi connectivity index (χ4n) is 2.56. The quantitative estimate of drug-likeness (QED) is 0.735. The summed E-state index contributed by atoms with van der Waals surface area (Å²) in [5.74, 6) is 0. The van der Waals surface area contributed by atoms with E-state index in [4.69, 9.17) is 5.73 Å². The first-order chi connectivity index (χ1) is 6.79. The van der Waals surface area contributed by atoms with Crippen LogP contribution in [0.3, 0.4) is 0 Å². The molecule has 84 valence electrons. The summed E-state index contributed by atoms with van der Waals surface area (Å²) in [7, 11) is 0. The molecule has 1 rings (SSSR count). The van der Waals surface area contributed by atoms with Crippen molar-refractivity contribution in [2.24, 2.45) is 5.73 Å². The molecule has 0 aromatic carbocycles. The second-order valence-corrected chi connectivity index (χ2v) is 4.58. The second-order valence-electron chi connectivity index (χ2n) is 4.58. The van der Waals surface area contributed by atoms with E-state index in [1.807, 2.05) is 0 Å². The normalized spacial score (nSPS) is 21.4. The van der Waals surface area contributed by atoms with Gasteiger partial charge in [-0.05, 0) is 26.2 Å². The van der Waals surface area contributed by atoms with Crippen molar-refractivity contribution in [2.45, 2.75) is 64.5 Å². The van der Waals surface area contributed by atoms with Gasteiger partial charge in [0.1, 0.15) is 0 Å². The van der Waals surface area contributed by atoms with Crippen molar-refractivity contribution < 1.29 is 0 Å². The van der Waals surface area contributed by atoms with Gasteiger partial charge in [0.2, 0.25) is 0 Å². The zero-order chi connectivity index (χ0) is 10.4. The molecule has 2 N–H and O–H groups in total. The second kappa shape index (κ2) is 6.41. The fraction of sp³-hybridized carbons (Fsp3) is 1.00. The molecule has 2 heteroatoms. The highest BCUT2D eigenvalue weighted by molar-refractivity contribution is 4.79. The molecule has 0 aromatic rings. The van der Waals surface area contributed by atoms with E-state index in [2.05, 4.69) is 18.7 Å². The van der Waals surface area contributed by atoms with Crippen LogP contribution in [0.5, 0.6) is 0 Å². The van der Waals surface area contributed by atoms with Gasteiger partial charge in [-0.2, -0.15) is 0 Å². The summed E-state index contributed by atoms with van der Waals surface area (Å²) in [5.41, 5.74) is 5.69. The summed E-state index contributed by atoms with van der Waals surface area (Å²) >= 11 is 0. The van der Waals surface area contributed by atoms with E-state index in [9.17, 15) is 0 Å². The van der Waals surface area contributed by atoms with Crippen LogP contribution in [0.1, 0.15) is 52.4 Å². The summed E-state index contributed by atoms with van der Waals surface area (Å²) in [6.07, 6.45) is 8.31. The Hall–Kier alpha value is -0.0800. The molecule has 0 saturated heterocycles. The Bertz CT molecular complexity index is 141. The highest BCUT2D eigenvalue weighted by Gasteiger charge is 2.23. The third kappa shape index (κ3) is 3.25. The standard InChI is InChI=1S/C12H26N2/c1-3-11(2)14(10-9-13)12-7-5-4-6-8-12/h11-12H,3-10,13H2,1-2H3. The zero-order valence-corrected chi connectivity index (χ0v) is 9.84. The summed E-state index contributed by atoms with van der Waals surface area (Å²) in [5, 5.41) is 0. The molecule has 0 spiro atoms. The van der Waals surface area contributed by atoms with E-state index in [0.29, 0.717) is 6.04 Å². The topological polar surface area (TPSA) is 29.3 Å². The molecule has 0 aromatic heterocycles. The Morgan fingerprint density at radius 2 is 1.93 bits per heavy atom. The maximum atomic E-state index is 5.69. The Morgan fingerprint density at radius 1 is 1.29 bits per heavy atom. The molecule has 2 nitrogen and oxygen atoms in total. The van der Waals surface area contributed by atoms with Gasteiger partial charge in [-0.1, -0.05) is 26.2 Å². The minimum Gasteiger partial charge on any atom is -0.329 e. The van der Waals surface area contributed by atoms with Gasteiger partial charge in [0.05, 0.1) is 0 Å². The third-order valence-corrected chi connectivity index (χ3v) is 3.59. The number of nitrogens with zero attached hydrogens (tertiary/aromatic N) is 1. The first kappa shape index (κ1) is 12.0. The monoisotopic (exact) mass is 198 g/mol. The van der Waals surface area contributed by atoms with E-state index in [1.165, 1.54) is 38.5 Å². The van der Waals surface area contributed by atoms with Crippen LogP contribution >= 0.6 is 0 Å². The lowest BCUT2D eigenvalue weighted by Crippen LogP contribution is -2.45. The Morgan fingerprint density at radius 3 is 2.43 bits per heavy atom. The average Bonchev–Trinajstić information content (AvgIpc) is 2.26. The van der Waals surface area contributed by atoms with E-state index < -0.39 is 0 Å². The van der Waals surface area contributed by atoms with Crippen LogP contribution in [0.25, 0.3) is 0 Å². The molecule has 14 heavy (non-hydrogen) atoms. The van der Waals surface area contributed by atoms with Crippen LogP contribution in [0.15, 0.2) is 0 Å². The Balaban J connectivity index is 2.46. The van der Waals surface area contributed by atoms with Gasteiger partial charge >= 0.3 is 0 Å². The molecular weight excluding hydrogens is 172 g/mol. The molecule has 1 aliphatic rings. The molecule has 0 heterocycles. The minimum absolute atomic E-state index is 0.710. The Kier molecular flexibility index (Phi) is 5.49. The predicted molar refractivity (Wildman–Crippen MR) is 62.4 cm³/mol. The first-order valence-electron chi connectivity index (χ1n) is 6.25. The molecule has 1 fully saturated rings. The number of rotatable bonds is 5. The molecule has 1 aliphatic carbocycles. The molecule has 1 saturated carbocycles. The third-order valence-electron chi connectivity index (χ3n) is 3.59. The summed E-state index contributed by atoms with van der Waals surface area (Å²) in [4.78, 5) is 2.64. The first-order valence-corrected chi connectivity index (χ1v) is 6.25. The van der Waals surface area contributed by atoms with Gasteiger partial charge in [-0.15, -0.1) is 0 Å². The van der Waals surface area contributed by atoms with Gasteiger partial charge in [-0.3, -0.25) is 4.90 Å². The number of hydrogen-bond acceptors (Lipinski definition) is 2. The Labute approximate surface area is 88.8 Å². The van der Waals surface area contributed by atoms with Crippen LogP contribution in [-0.4, -0.2) is 30.1 Å². The smallest absolute Gasteiger partial charge is 0.0110 e.